The van der Waals surface area contributed by atoms with Crippen molar-refractivity contribution in [2.24, 2.45) is 5.92 Å². The highest BCUT2D eigenvalue weighted by molar-refractivity contribution is 7.11. The zero-order valence-electron chi connectivity index (χ0n) is 18.6. The molecule has 2 rings (SSSR count). The van der Waals surface area contributed by atoms with Crippen molar-refractivity contribution in [2.75, 3.05) is 6.54 Å². The number of aryl methyl sites for hydroxylation is 1. The number of thiophene rings is 1. The highest BCUT2D eigenvalue weighted by atomic mass is 32.1. The zero-order valence-corrected chi connectivity index (χ0v) is 19.4. The first-order chi connectivity index (χ1) is 13.6. The number of hydrogen-bond acceptors (Lipinski definition) is 3. The van der Waals surface area contributed by atoms with Crippen LogP contribution in [0.4, 0.5) is 0 Å². The van der Waals surface area contributed by atoms with E-state index in [0.29, 0.717) is 19.5 Å². The monoisotopic (exact) mass is 414 g/mol. The molecule has 0 aliphatic carbocycles. The van der Waals surface area contributed by atoms with Gasteiger partial charge in [-0.3, -0.25) is 9.59 Å². The van der Waals surface area contributed by atoms with E-state index >= 15 is 0 Å². The van der Waals surface area contributed by atoms with Gasteiger partial charge in [-0.05, 0) is 51.3 Å². The van der Waals surface area contributed by atoms with Gasteiger partial charge in [0, 0.05) is 28.3 Å². The van der Waals surface area contributed by atoms with Crippen molar-refractivity contribution in [2.45, 2.75) is 66.6 Å². The fourth-order valence-corrected chi connectivity index (χ4v) is 4.09. The molecule has 1 heterocycles. The van der Waals surface area contributed by atoms with Crippen molar-refractivity contribution in [1.29, 1.82) is 0 Å². The van der Waals surface area contributed by atoms with Crippen molar-refractivity contribution < 1.29 is 9.59 Å². The molecule has 5 heteroatoms. The van der Waals surface area contributed by atoms with Crippen LogP contribution in [0.5, 0.6) is 0 Å². The van der Waals surface area contributed by atoms with E-state index in [9.17, 15) is 9.59 Å². The lowest BCUT2D eigenvalue weighted by Crippen LogP contribution is -2.51. The van der Waals surface area contributed by atoms with Crippen molar-refractivity contribution in [1.82, 2.24) is 9.80 Å². The standard InChI is InChI=1S/C24H34N2O2S/c1-18(2)14-22(27)26(24(4,5)6)17-23(28)25(15-20-10-8-7-9-11-20)16-21-13-12-19(3)29-21/h7-13,18H,14-17H2,1-6H3. The summed E-state index contributed by atoms with van der Waals surface area (Å²) in [4.78, 5) is 32.2. The summed E-state index contributed by atoms with van der Waals surface area (Å²) >= 11 is 1.71. The Kier molecular flexibility index (Phi) is 8.03. The number of amides is 2. The average molecular weight is 415 g/mol. The summed E-state index contributed by atoms with van der Waals surface area (Å²) in [6, 6.07) is 14.2. The smallest absolute Gasteiger partial charge is 0.242 e. The minimum Gasteiger partial charge on any atom is -0.332 e. The van der Waals surface area contributed by atoms with E-state index in [1.54, 1.807) is 16.2 Å². The van der Waals surface area contributed by atoms with Crippen LogP contribution >= 0.6 is 11.3 Å². The maximum atomic E-state index is 13.3. The summed E-state index contributed by atoms with van der Waals surface area (Å²) in [6.07, 6.45) is 0.452. The molecule has 0 radical (unpaired) electrons. The molecular formula is C24H34N2O2S. The van der Waals surface area contributed by atoms with Crippen molar-refractivity contribution in [3.8, 4) is 0 Å². The van der Waals surface area contributed by atoms with Gasteiger partial charge in [0.05, 0.1) is 6.54 Å². The van der Waals surface area contributed by atoms with Gasteiger partial charge < -0.3 is 9.80 Å². The van der Waals surface area contributed by atoms with Gasteiger partial charge in [-0.15, -0.1) is 11.3 Å². The molecular weight excluding hydrogens is 380 g/mol. The molecule has 2 aromatic rings. The summed E-state index contributed by atoms with van der Waals surface area (Å²) < 4.78 is 0. The molecule has 0 N–H and O–H groups in total. The highest BCUT2D eigenvalue weighted by Gasteiger charge is 2.30. The van der Waals surface area contributed by atoms with Crippen LogP contribution in [-0.2, 0) is 22.7 Å². The molecule has 0 unspecified atom stereocenters. The van der Waals surface area contributed by atoms with E-state index in [4.69, 9.17) is 0 Å². The van der Waals surface area contributed by atoms with Crippen LogP contribution in [-0.4, -0.2) is 33.7 Å². The van der Waals surface area contributed by atoms with Gasteiger partial charge in [-0.1, -0.05) is 44.2 Å². The van der Waals surface area contributed by atoms with Crippen LogP contribution in [0.15, 0.2) is 42.5 Å². The number of benzene rings is 1. The SMILES string of the molecule is Cc1ccc(CN(Cc2ccccc2)C(=O)CN(C(=O)CC(C)C)C(C)(C)C)s1. The molecule has 4 nitrogen and oxygen atoms in total. The van der Waals surface area contributed by atoms with Crippen LogP contribution < -0.4 is 0 Å². The predicted molar refractivity (Wildman–Crippen MR) is 121 cm³/mol. The van der Waals surface area contributed by atoms with Gasteiger partial charge >= 0.3 is 0 Å². The molecule has 29 heavy (non-hydrogen) atoms. The van der Waals surface area contributed by atoms with E-state index in [1.807, 2.05) is 69.9 Å². The second kappa shape index (κ2) is 10.1. The summed E-state index contributed by atoms with van der Waals surface area (Å²) in [5, 5.41) is 0. The number of carbonyl (C=O) groups is 2. The van der Waals surface area contributed by atoms with Gasteiger partial charge in [-0.2, -0.15) is 0 Å². The molecule has 0 atom stereocenters. The van der Waals surface area contributed by atoms with Gasteiger partial charge in [0.1, 0.15) is 6.54 Å². The number of rotatable bonds is 8. The van der Waals surface area contributed by atoms with Crippen LogP contribution in [0, 0.1) is 12.8 Å². The van der Waals surface area contributed by atoms with Crippen LogP contribution in [0.2, 0.25) is 0 Å². The lowest BCUT2D eigenvalue weighted by Gasteiger charge is -2.37. The van der Waals surface area contributed by atoms with Gasteiger partial charge in [-0.25, -0.2) is 0 Å². The van der Waals surface area contributed by atoms with Gasteiger partial charge in [0.15, 0.2) is 0 Å². The summed E-state index contributed by atoms with van der Waals surface area (Å²) in [6.45, 7) is 13.3. The molecule has 2 amide bonds. The Morgan fingerprint density at radius 2 is 1.62 bits per heavy atom. The predicted octanol–water partition coefficient (Wildman–Crippen LogP) is 5.26. The third-order valence-electron chi connectivity index (χ3n) is 4.70. The topological polar surface area (TPSA) is 40.6 Å². The number of carbonyl (C=O) groups excluding carboxylic acids is 2. The zero-order chi connectivity index (χ0) is 21.6. The fraction of sp³-hybridized carbons (Fsp3) is 0.500. The quantitative estimate of drug-likeness (QED) is 0.591. The third-order valence-corrected chi connectivity index (χ3v) is 5.68. The Morgan fingerprint density at radius 1 is 0.966 bits per heavy atom. The highest BCUT2D eigenvalue weighted by Crippen LogP contribution is 2.21. The molecule has 0 saturated heterocycles. The van der Waals surface area contributed by atoms with Crippen molar-refractivity contribution >= 4 is 23.2 Å². The summed E-state index contributed by atoms with van der Waals surface area (Å²) in [5.41, 5.74) is 0.685. The third kappa shape index (κ3) is 7.32. The molecule has 1 aromatic heterocycles. The van der Waals surface area contributed by atoms with E-state index in [0.717, 1.165) is 10.4 Å². The molecule has 0 spiro atoms. The molecule has 1 aromatic carbocycles. The van der Waals surface area contributed by atoms with E-state index < -0.39 is 5.54 Å². The normalized spacial score (nSPS) is 11.6. The maximum absolute atomic E-state index is 13.3. The second-order valence-corrected chi connectivity index (χ2v) is 10.4. The first kappa shape index (κ1) is 23.1. The molecule has 0 aliphatic rings. The van der Waals surface area contributed by atoms with E-state index in [2.05, 4.69) is 19.1 Å². The molecule has 158 valence electrons. The summed E-state index contributed by atoms with van der Waals surface area (Å²) in [7, 11) is 0. The van der Waals surface area contributed by atoms with Crippen molar-refractivity contribution in [3.63, 3.8) is 0 Å². The fourth-order valence-electron chi connectivity index (χ4n) is 3.19. The largest absolute Gasteiger partial charge is 0.332 e. The van der Waals surface area contributed by atoms with Crippen LogP contribution in [0.3, 0.4) is 0 Å². The first-order valence-corrected chi connectivity index (χ1v) is 11.1. The Hall–Kier alpha value is -2.14. The lowest BCUT2D eigenvalue weighted by atomic mass is 10.0. The maximum Gasteiger partial charge on any atom is 0.242 e. The minimum atomic E-state index is -0.403. The first-order valence-electron chi connectivity index (χ1n) is 10.2. The Morgan fingerprint density at radius 3 is 2.14 bits per heavy atom. The number of nitrogens with zero attached hydrogens (tertiary/aromatic N) is 2. The van der Waals surface area contributed by atoms with Gasteiger partial charge in [0.25, 0.3) is 0 Å². The number of hydrogen-bond donors (Lipinski definition) is 0. The van der Waals surface area contributed by atoms with Crippen LogP contribution in [0.25, 0.3) is 0 Å². The Labute approximate surface area is 179 Å². The molecule has 0 saturated carbocycles. The molecule has 0 bridgehead atoms. The van der Waals surface area contributed by atoms with E-state index in [1.165, 1.54) is 4.88 Å². The van der Waals surface area contributed by atoms with Crippen LogP contribution in [0.1, 0.15) is 56.4 Å². The van der Waals surface area contributed by atoms with Gasteiger partial charge in [0.2, 0.25) is 11.8 Å². The van der Waals surface area contributed by atoms with Crippen molar-refractivity contribution in [3.05, 3.63) is 57.8 Å². The average Bonchev–Trinajstić information content (AvgIpc) is 3.03. The lowest BCUT2D eigenvalue weighted by molar-refractivity contribution is -0.145. The van der Waals surface area contributed by atoms with E-state index in [-0.39, 0.29) is 24.3 Å². The minimum absolute atomic E-state index is 0.0214. The Bertz CT molecular complexity index is 806. The second-order valence-electron chi connectivity index (χ2n) is 9.00. The summed E-state index contributed by atoms with van der Waals surface area (Å²) in [5.74, 6) is 0.274. The Balaban J connectivity index is 2.22. The molecule has 0 fully saturated rings. The molecule has 0 aliphatic heterocycles.